The molecule has 47 heavy (non-hydrogen) atoms. The Morgan fingerprint density at radius 2 is 1.94 bits per heavy atom. The van der Waals surface area contributed by atoms with Crippen molar-refractivity contribution in [3.63, 3.8) is 0 Å². The summed E-state index contributed by atoms with van der Waals surface area (Å²) in [4.78, 5) is 24.9. The van der Waals surface area contributed by atoms with Gasteiger partial charge in [0.1, 0.15) is 17.1 Å². The van der Waals surface area contributed by atoms with Crippen LogP contribution < -0.4 is 10.1 Å². The molecule has 4 aromatic rings. The van der Waals surface area contributed by atoms with E-state index in [2.05, 4.69) is 22.2 Å². The van der Waals surface area contributed by atoms with E-state index in [1.807, 2.05) is 29.2 Å². The number of fused-ring (bicyclic) bond motifs is 2. The number of piperazine rings is 1. The number of ether oxygens (including phenoxy) is 2. The first kappa shape index (κ1) is 31.6. The second kappa shape index (κ2) is 12.6. The van der Waals surface area contributed by atoms with Crippen molar-refractivity contribution in [2.75, 3.05) is 45.9 Å². The van der Waals surface area contributed by atoms with Gasteiger partial charge in [0.25, 0.3) is 0 Å². The number of aliphatic hydroxyl groups is 1. The van der Waals surface area contributed by atoms with Crippen molar-refractivity contribution in [2.24, 2.45) is 0 Å². The van der Waals surface area contributed by atoms with Gasteiger partial charge in [0.05, 0.1) is 36.3 Å². The molecule has 3 aliphatic heterocycles. The molecule has 2 saturated heterocycles. The maximum atomic E-state index is 14.1. The minimum absolute atomic E-state index is 0.0919. The van der Waals surface area contributed by atoms with E-state index in [4.69, 9.17) is 9.47 Å². The summed E-state index contributed by atoms with van der Waals surface area (Å²) < 4.78 is 53.9. The van der Waals surface area contributed by atoms with Crippen molar-refractivity contribution in [3.05, 3.63) is 88.2 Å². The molecule has 3 aliphatic rings. The van der Waals surface area contributed by atoms with E-state index >= 15 is 0 Å². The predicted octanol–water partition coefficient (Wildman–Crippen LogP) is 5.08. The van der Waals surface area contributed by atoms with Gasteiger partial charge in [0.2, 0.25) is 5.91 Å². The van der Waals surface area contributed by atoms with Crippen LogP contribution in [0.15, 0.2) is 54.7 Å². The van der Waals surface area contributed by atoms with Crippen LogP contribution in [-0.4, -0.2) is 76.7 Å². The van der Waals surface area contributed by atoms with E-state index in [0.29, 0.717) is 54.6 Å². The molecule has 2 aromatic carbocycles. The monoisotopic (exact) mass is 649 g/mol. The Morgan fingerprint density at radius 1 is 1.13 bits per heavy atom. The highest BCUT2D eigenvalue weighted by molar-refractivity contribution is 5.84. The van der Waals surface area contributed by atoms with Crippen LogP contribution in [0.3, 0.4) is 0 Å². The number of amides is 1. The van der Waals surface area contributed by atoms with Gasteiger partial charge in [-0.2, -0.15) is 13.2 Å². The highest BCUT2D eigenvalue weighted by Gasteiger charge is 2.40. The van der Waals surface area contributed by atoms with Gasteiger partial charge in [-0.3, -0.25) is 9.69 Å². The van der Waals surface area contributed by atoms with Crippen LogP contribution in [0.4, 0.5) is 13.2 Å². The fourth-order valence-corrected chi connectivity index (χ4v) is 6.81. The molecule has 0 unspecified atom stereocenters. The lowest BCUT2D eigenvalue weighted by atomic mass is 9.87. The third kappa shape index (κ3) is 6.47. The standard InChI is InChI=1S/C35H38F3N5O4/c1-2-23-18-43(32(44)14-22-3-4-24(29(13-22)35(36,37)38)17-42-11-9-39-10-12-42)19-25-15-26(5-6-27(23)25)47-30-7-8-40-33-28(30)16-31(41-33)34(45)20-46-21-34/h3-8,13,15-16,23,39,45H,2,9-12,14,17-21H2,1H3,(H,40,41)/t23-/m1/s1. The predicted molar refractivity (Wildman–Crippen MR) is 169 cm³/mol. The smallest absolute Gasteiger partial charge is 0.416 e. The maximum Gasteiger partial charge on any atom is 0.416 e. The molecule has 0 saturated carbocycles. The Kier molecular flexibility index (Phi) is 8.46. The number of benzene rings is 2. The first-order valence-corrected chi connectivity index (χ1v) is 16.1. The number of hydrogen-bond donors (Lipinski definition) is 3. The molecule has 248 valence electrons. The number of carbonyl (C=O) groups is 1. The molecule has 0 spiro atoms. The minimum atomic E-state index is -4.51. The molecule has 5 heterocycles. The fraction of sp³-hybridized carbons (Fsp3) is 0.429. The summed E-state index contributed by atoms with van der Waals surface area (Å²) in [7, 11) is 0. The molecule has 2 fully saturated rings. The van der Waals surface area contributed by atoms with Crippen LogP contribution in [0, 0.1) is 0 Å². The van der Waals surface area contributed by atoms with E-state index in [9.17, 15) is 23.1 Å². The Bertz CT molecular complexity index is 1780. The first-order valence-electron chi connectivity index (χ1n) is 16.1. The van der Waals surface area contributed by atoms with E-state index < -0.39 is 17.3 Å². The molecular weight excluding hydrogens is 611 g/mol. The summed E-state index contributed by atoms with van der Waals surface area (Å²) in [5.74, 6) is 1.04. The summed E-state index contributed by atoms with van der Waals surface area (Å²) >= 11 is 0. The van der Waals surface area contributed by atoms with E-state index in [0.717, 1.165) is 42.1 Å². The maximum absolute atomic E-state index is 14.1. The van der Waals surface area contributed by atoms with Crippen LogP contribution >= 0.6 is 0 Å². The number of aromatic amines is 1. The Labute approximate surface area is 270 Å². The Balaban J connectivity index is 1.09. The van der Waals surface area contributed by atoms with Crippen molar-refractivity contribution >= 4 is 16.9 Å². The molecule has 3 N–H and O–H groups in total. The van der Waals surface area contributed by atoms with Crippen LogP contribution in [0.1, 0.15) is 52.8 Å². The van der Waals surface area contributed by atoms with Crippen LogP contribution in [0.2, 0.25) is 0 Å². The first-order chi connectivity index (χ1) is 22.6. The molecule has 1 atom stereocenters. The second-order valence-electron chi connectivity index (χ2n) is 12.8. The van der Waals surface area contributed by atoms with Crippen molar-refractivity contribution in [1.29, 1.82) is 0 Å². The van der Waals surface area contributed by atoms with Crippen LogP contribution in [0.5, 0.6) is 11.5 Å². The molecular formula is C35H38F3N5O4. The van der Waals surface area contributed by atoms with Gasteiger partial charge in [-0.15, -0.1) is 0 Å². The summed E-state index contributed by atoms with van der Waals surface area (Å²) in [6, 6.07) is 13.8. The normalized spacial score (nSPS) is 19.8. The quantitative estimate of drug-likeness (QED) is 0.245. The van der Waals surface area contributed by atoms with E-state index in [1.54, 1.807) is 23.2 Å². The highest BCUT2D eigenvalue weighted by Crippen LogP contribution is 2.38. The topological polar surface area (TPSA) is 103 Å². The Morgan fingerprint density at radius 3 is 2.66 bits per heavy atom. The average molecular weight is 650 g/mol. The van der Waals surface area contributed by atoms with Crippen molar-refractivity contribution in [3.8, 4) is 11.5 Å². The molecule has 9 nitrogen and oxygen atoms in total. The SMILES string of the molecule is CC[C@@H]1CN(C(=O)Cc2ccc(CN3CCNCC3)c(C(F)(F)F)c2)Cc2cc(Oc3ccnc4[nH]c(C5(O)COC5)cc34)ccc21. The van der Waals surface area contributed by atoms with E-state index in [-0.39, 0.29) is 43.6 Å². The highest BCUT2D eigenvalue weighted by atomic mass is 19.4. The molecule has 2 aromatic heterocycles. The van der Waals surface area contributed by atoms with Gasteiger partial charge in [0.15, 0.2) is 5.60 Å². The van der Waals surface area contributed by atoms with Gasteiger partial charge in [0, 0.05) is 57.9 Å². The third-order valence-corrected chi connectivity index (χ3v) is 9.54. The van der Waals surface area contributed by atoms with Gasteiger partial charge >= 0.3 is 6.18 Å². The summed E-state index contributed by atoms with van der Waals surface area (Å²) in [5, 5.41) is 14.7. The molecule has 0 aliphatic carbocycles. The molecule has 12 heteroatoms. The number of nitrogens with zero attached hydrogens (tertiary/aromatic N) is 3. The van der Waals surface area contributed by atoms with E-state index in [1.165, 1.54) is 6.07 Å². The molecule has 0 radical (unpaired) electrons. The minimum Gasteiger partial charge on any atom is -0.457 e. The van der Waals surface area contributed by atoms with Crippen LogP contribution in [0.25, 0.3) is 11.0 Å². The summed E-state index contributed by atoms with van der Waals surface area (Å²) in [5.41, 5.74) is 2.12. The fourth-order valence-electron chi connectivity index (χ4n) is 6.81. The molecule has 1 amide bonds. The number of nitrogens with one attached hydrogen (secondary N) is 2. The van der Waals surface area contributed by atoms with Gasteiger partial charge in [-0.1, -0.05) is 25.1 Å². The number of pyridine rings is 1. The number of halogens is 3. The number of hydrogen-bond acceptors (Lipinski definition) is 7. The largest absolute Gasteiger partial charge is 0.457 e. The number of alkyl halides is 3. The number of carbonyl (C=O) groups excluding carboxylic acids is 1. The molecule has 0 bridgehead atoms. The number of H-pyrrole nitrogens is 1. The second-order valence-corrected chi connectivity index (χ2v) is 12.8. The van der Waals surface area contributed by atoms with Gasteiger partial charge < -0.3 is 29.8 Å². The molecule has 7 rings (SSSR count). The van der Waals surface area contributed by atoms with Gasteiger partial charge in [-0.25, -0.2) is 4.98 Å². The lowest BCUT2D eigenvalue weighted by molar-refractivity contribution is -0.186. The number of rotatable bonds is 8. The zero-order valence-electron chi connectivity index (χ0n) is 26.2. The summed E-state index contributed by atoms with van der Waals surface area (Å²) in [6.07, 6.45) is -2.18. The zero-order chi connectivity index (χ0) is 32.8. The summed E-state index contributed by atoms with van der Waals surface area (Å²) in [6.45, 7) is 6.44. The average Bonchev–Trinajstić information content (AvgIpc) is 3.49. The van der Waals surface area contributed by atoms with Crippen LogP contribution in [-0.2, 0) is 40.8 Å². The lowest BCUT2D eigenvalue weighted by Gasteiger charge is -2.35. The zero-order valence-corrected chi connectivity index (χ0v) is 26.2. The Hall–Kier alpha value is -3.97. The van der Waals surface area contributed by atoms with Crippen molar-refractivity contribution in [2.45, 2.75) is 50.6 Å². The number of aromatic nitrogens is 2. The third-order valence-electron chi connectivity index (χ3n) is 9.54. The van der Waals surface area contributed by atoms with Gasteiger partial charge in [-0.05, 0) is 59.0 Å². The van der Waals surface area contributed by atoms with Crippen molar-refractivity contribution in [1.82, 2.24) is 25.1 Å². The van der Waals surface area contributed by atoms with Crippen molar-refractivity contribution < 1.29 is 32.5 Å². The lowest BCUT2D eigenvalue weighted by Crippen LogP contribution is -2.46.